The summed E-state index contributed by atoms with van der Waals surface area (Å²) >= 11 is 3.30. The van der Waals surface area contributed by atoms with E-state index < -0.39 is 0 Å². The zero-order valence-corrected chi connectivity index (χ0v) is 15.3. The standard InChI is InChI=1S/C18H17BrN4O2/c1-22-14-10-17(19)25-16(14)9-15(22)18(24)20-7-4-8-23-11-12-5-2-3-6-13(12)21-23/h2-3,5-6,9-11H,4,7-8H2,1H3,(H,20,24). The van der Waals surface area contributed by atoms with Crippen molar-refractivity contribution in [1.29, 1.82) is 0 Å². The Morgan fingerprint density at radius 3 is 2.96 bits per heavy atom. The number of aromatic nitrogens is 3. The average Bonchev–Trinajstić information content (AvgIpc) is 3.25. The summed E-state index contributed by atoms with van der Waals surface area (Å²) in [6.45, 7) is 1.35. The summed E-state index contributed by atoms with van der Waals surface area (Å²) in [6, 6.07) is 11.6. The molecule has 0 aliphatic carbocycles. The smallest absolute Gasteiger partial charge is 0.268 e. The van der Waals surface area contributed by atoms with E-state index in [-0.39, 0.29) is 5.91 Å². The lowest BCUT2D eigenvalue weighted by Crippen LogP contribution is -2.27. The van der Waals surface area contributed by atoms with Crippen LogP contribution in [0.4, 0.5) is 0 Å². The minimum absolute atomic E-state index is 0.101. The van der Waals surface area contributed by atoms with Crippen LogP contribution in [-0.2, 0) is 13.6 Å². The van der Waals surface area contributed by atoms with Crippen molar-refractivity contribution in [3.8, 4) is 0 Å². The van der Waals surface area contributed by atoms with Crippen LogP contribution in [0.25, 0.3) is 22.0 Å². The van der Waals surface area contributed by atoms with E-state index >= 15 is 0 Å². The second-order valence-electron chi connectivity index (χ2n) is 5.95. The highest BCUT2D eigenvalue weighted by molar-refractivity contribution is 9.10. The lowest BCUT2D eigenvalue weighted by Gasteiger charge is -2.06. The minimum Gasteiger partial charge on any atom is -0.448 e. The Morgan fingerprint density at radius 1 is 1.32 bits per heavy atom. The third-order valence-corrected chi connectivity index (χ3v) is 4.63. The van der Waals surface area contributed by atoms with Crippen molar-refractivity contribution in [3.63, 3.8) is 0 Å². The topological polar surface area (TPSA) is 65.0 Å². The second-order valence-corrected chi connectivity index (χ2v) is 6.73. The molecule has 3 heterocycles. The first-order valence-corrected chi connectivity index (χ1v) is 8.86. The van der Waals surface area contributed by atoms with Gasteiger partial charge in [-0.3, -0.25) is 9.48 Å². The highest BCUT2D eigenvalue weighted by Gasteiger charge is 2.15. The quantitative estimate of drug-likeness (QED) is 0.519. The molecule has 6 nitrogen and oxygen atoms in total. The van der Waals surface area contributed by atoms with Gasteiger partial charge in [-0.1, -0.05) is 18.2 Å². The molecule has 25 heavy (non-hydrogen) atoms. The number of carbonyl (C=O) groups excluding carboxylic acids is 1. The number of carbonyl (C=O) groups is 1. The van der Waals surface area contributed by atoms with Crippen molar-refractivity contribution in [2.45, 2.75) is 13.0 Å². The van der Waals surface area contributed by atoms with Gasteiger partial charge in [0, 0.05) is 43.9 Å². The number of furan rings is 1. The molecule has 1 amide bonds. The van der Waals surface area contributed by atoms with Crippen molar-refractivity contribution in [2.75, 3.05) is 6.54 Å². The van der Waals surface area contributed by atoms with E-state index in [4.69, 9.17) is 4.42 Å². The summed E-state index contributed by atoms with van der Waals surface area (Å²) in [5.41, 5.74) is 3.16. The number of hydrogen-bond acceptors (Lipinski definition) is 3. The molecular weight excluding hydrogens is 384 g/mol. The maximum absolute atomic E-state index is 12.4. The molecule has 1 aromatic carbocycles. The molecule has 0 aliphatic rings. The highest BCUT2D eigenvalue weighted by Crippen LogP contribution is 2.26. The summed E-state index contributed by atoms with van der Waals surface area (Å²) < 4.78 is 9.91. The molecule has 0 atom stereocenters. The molecular formula is C18H17BrN4O2. The average molecular weight is 401 g/mol. The summed E-state index contributed by atoms with van der Waals surface area (Å²) in [7, 11) is 1.86. The number of nitrogens with one attached hydrogen (secondary N) is 1. The van der Waals surface area contributed by atoms with Gasteiger partial charge in [0.2, 0.25) is 0 Å². The second kappa shape index (κ2) is 6.40. The summed E-state index contributed by atoms with van der Waals surface area (Å²) in [5.74, 6) is -0.101. The van der Waals surface area contributed by atoms with Crippen LogP contribution >= 0.6 is 15.9 Å². The lowest BCUT2D eigenvalue weighted by atomic mass is 10.3. The molecule has 0 fully saturated rings. The van der Waals surface area contributed by atoms with Crippen LogP contribution in [0.1, 0.15) is 16.9 Å². The zero-order chi connectivity index (χ0) is 17.4. The van der Waals surface area contributed by atoms with Gasteiger partial charge in [0.25, 0.3) is 5.91 Å². The van der Waals surface area contributed by atoms with Gasteiger partial charge in [-0.25, -0.2) is 0 Å². The molecule has 0 unspecified atom stereocenters. The van der Waals surface area contributed by atoms with Gasteiger partial charge in [0.1, 0.15) is 5.69 Å². The van der Waals surface area contributed by atoms with Crippen LogP contribution in [0, 0.1) is 0 Å². The van der Waals surface area contributed by atoms with Gasteiger partial charge < -0.3 is 14.3 Å². The number of nitrogens with zero attached hydrogens (tertiary/aromatic N) is 3. The SMILES string of the molecule is Cn1c(C(=O)NCCCn2cc3ccccc3n2)cc2oc(Br)cc21. The third-order valence-electron chi connectivity index (χ3n) is 4.24. The van der Waals surface area contributed by atoms with Gasteiger partial charge in [-0.2, -0.15) is 5.10 Å². The van der Waals surface area contributed by atoms with E-state index in [1.165, 1.54) is 0 Å². The van der Waals surface area contributed by atoms with Crippen LogP contribution < -0.4 is 5.32 Å². The van der Waals surface area contributed by atoms with Gasteiger partial charge in [0.15, 0.2) is 10.3 Å². The minimum atomic E-state index is -0.101. The van der Waals surface area contributed by atoms with Gasteiger partial charge >= 0.3 is 0 Å². The van der Waals surface area contributed by atoms with Crippen molar-refractivity contribution in [3.05, 3.63) is 53.0 Å². The van der Waals surface area contributed by atoms with Crippen LogP contribution in [0.5, 0.6) is 0 Å². The van der Waals surface area contributed by atoms with Crippen LogP contribution in [-0.4, -0.2) is 26.8 Å². The molecule has 7 heteroatoms. The summed E-state index contributed by atoms with van der Waals surface area (Å²) in [5, 5.41) is 8.60. The van der Waals surface area contributed by atoms with E-state index in [0.717, 1.165) is 29.4 Å². The van der Waals surface area contributed by atoms with E-state index in [9.17, 15) is 4.79 Å². The molecule has 1 N–H and O–H groups in total. The van der Waals surface area contributed by atoms with Gasteiger partial charge in [0.05, 0.1) is 11.0 Å². The molecule has 0 spiro atoms. The van der Waals surface area contributed by atoms with E-state index in [1.807, 2.05) is 52.8 Å². The molecule has 128 valence electrons. The molecule has 0 saturated carbocycles. The van der Waals surface area contributed by atoms with Crippen molar-refractivity contribution >= 4 is 43.8 Å². The normalized spacial score (nSPS) is 11.4. The van der Waals surface area contributed by atoms with E-state index in [1.54, 1.807) is 6.07 Å². The number of hydrogen-bond donors (Lipinski definition) is 1. The Morgan fingerprint density at radius 2 is 2.16 bits per heavy atom. The van der Waals surface area contributed by atoms with E-state index in [2.05, 4.69) is 26.3 Å². The first-order valence-electron chi connectivity index (χ1n) is 8.07. The summed E-state index contributed by atoms with van der Waals surface area (Å²) in [6.07, 6.45) is 2.84. The van der Waals surface area contributed by atoms with Crippen LogP contribution in [0.3, 0.4) is 0 Å². The van der Waals surface area contributed by atoms with Crippen molar-refractivity contribution < 1.29 is 9.21 Å². The van der Waals surface area contributed by atoms with Gasteiger partial charge in [-0.15, -0.1) is 0 Å². The van der Waals surface area contributed by atoms with Crippen molar-refractivity contribution in [1.82, 2.24) is 19.7 Å². The number of benzene rings is 1. The Labute approximate surface area is 152 Å². The fourth-order valence-electron chi connectivity index (χ4n) is 2.96. The van der Waals surface area contributed by atoms with Crippen LogP contribution in [0.2, 0.25) is 0 Å². The fraction of sp³-hybridized carbons (Fsp3) is 0.222. The Kier molecular flexibility index (Phi) is 4.09. The maximum Gasteiger partial charge on any atom is 0.268 e. The largest absolute Gasteiger partial charge is 0.448 e. The first kappa shape index (κ1) is 16.0. The molecule has 0 bridgehead atoms. The highest BCUT2D eigenvalue weighted by atomic mass is 79.9. The Hall–Kier alpha value is -2.54. The third kappa shape index (κ3) is 3.07. The number of halogens is 1. The van der Waals surface area contributed by atoms with Crippen LogP contribution in [0.15, 0.2) is 51.7 Å². The first-order chi connectivity index (χ1) is 12.1. The van der Waals surface area contributed by atoms with Gasteiger partial charge in [-0.05, 0) is 28.4 Å². The predicted molar refractivity (Wildman–Crippen MR) is 99.6 cm³/mol. The monoisotopic (exact) mass is 400 g/mol. The molecule has 4 rings (SSSR count). The number of amides is 1. The molecule has 0 saturated heterocycles. The lowest BCUT2D eigenvalue weighted by molar-refractivity contribution is 0.0945. The fourth-order valence-corrected chi connectivity index (χ4v) is 3.35. The molecule has 4 aromatic rings. The maximum atomic E-state index is 12.4. The zero-order valence-electron chi connectivity index (χ0n) is 13.7. The molecule has 0 aliphatic heterocycles. The predicted octanol–water partition coefficient (Wildman–Crippen LogP) is 3.70. The van der Waals surface area contributed by atoms with E-state index in [0.29, 0.717) is 22.5 Å². The van der Waals surface area contributed by atoms with Crippen molar-refractivity contribution in [2.24, 2.45) is 7.05 Å². The number of fused-ring (bicyclic) bond motifs is 2. The Bertz CT molecular complexity index is 1030. The summed E-state index contributed by atoms with van der Waals surface area (Å²) in [4.78, 5) is 12.4. The Balaban J connectivity index is 1.35. The number of aryl methyl sites for hydroxylation is 2. The number of rotatable bonds is 5. The molecule has 0 radical (unpaired) electrons. The molecule has 3 aromatic heterocycles.